The van der Waals surface area contributed by atoms with Crippen LogP contribution in [0, 0.1) is 0 Å². The average molecular weight is 293 g/mol. The first-order valence-electron chi connectivity index (χ1n) is 5.59. The number of nitrogens with zero attached hydrogens (tertiary/aromatic N) is 2. The first kappa shape index (κ1) is 13.9. The van der Waals surface area contributed by atoms with Crippen LogP contribution in [0.4, 0.5) is 5.13 Å². The number of amides is 1. The Labute approximate surface area is 118 Å². The first-order valence-corrected chi connectivity index (χ1v) is 6.36. The summed E-state index contributed by atoms with van der Waals surface area (Å²) in [5.41, 5.74) is 0. The number of hydrogen-bond donors (Lipinski definition) is 1. The van der Waals surface area contributed by atoms with Crippen molar-refractivity contribution >= 4 is 28.5 Å². The van der Waals surface area contributed by atoms with Crippen LogP contribution < -0.4 is 10.1 Å². The van der Waals surface area contributed by atoms with E-state index in [1.807, 2.05) is 6.07 Å². The van der Waals surface area contributed by atoms with Crippen LogP contribution in [-0.4, -0.2) is 35.0 Å². The van der Waals surface area contributed by atoms with Gasteiger partial charge in [0.05, 0.1) is 7.11 Å². The minimum Gasteiger partial charge on any atom is -0.484 e. The van der Waals surface area contributed by atoms with Gasteiger partial charge in [0.2, 0.25) is 5.13 Å². The molecule has 20 heavy (non-hydrogen) atoms. The summed E-state index contributed by atoms with van der Waals surface area (Å²) in [6.07, 6.45) is 0. The van der Waals surface area contributed by atoms with Crippen molar-refractivity contribution in [2.75, 3.05) is 19.0 Å². The lowest BCUT2D eigenvalue weighted by atomic mass is 10.3. The third-order valence-corrected chi connectivity index (χ3v) is 2.78. The quantitative estimate of drug-likeness (QED) is 0.837. The van der Waals surface area contributed by atoms with Gasteiger partial charge in [0, 0.05) is 11.5 Å². The molecular formula is C12H11N3O4S. The molecule has 1 amide bonds. The molecule has 0 saturated carbocycles. The summed E-state index contributed by atoms with van der Waals surface area (Å²) in [6.45, 7) is -0.156. The zero-order valence-electron chi connectivity index (χ0n) is 10.5. The van der Waals surface area contributed by atoms with Gasteiger partial charge in [-0.3, -0.25) is 10.1 Å². The molecule has 0 unspecified atom stereocenters. The van der Waals surface area contributed by atoms with Crippen LogP contribution in [0.15, 0.2) is 30.3 Å². The lowest BCUT2D eigenvalue weighted by Crippen LogP contribution is -2.20. The monoisotopic (exact) mass is 293 g/mol. The molecule has 0 fully saturated rings. The zero-order valence-corrected chi connectivity index (χ0v) is 11.3. The molecule has 0 atom stereocenters. The van der Waals surface area contributed by atoms with Crippen molar-refractivity contribution in [2.45, 2.75) is 0 Å². The lowest BCUT2D eigenvalue weighted by molar-refractivity contribution is -0.118. The number of nitrogens with one attached hydrogen (secondary N) is 1. The van der Waals surface area contributed by atoms with Gasteiger partial charge >= 0.3 is 5.97 Å². The molecule has 1 aromatic carbocycles. The van der Waals surface area contributed by atoms with Crippen molar-refractivity contribution < 1.29 is 19.1 Å². The van der Waals surface area contributed by atoms with E-state index in [1.54, 1.807) is 24.3 Å². The molecule has 2 rings (SSSR count). The topological polar surface area (TPSA) is 90.4 Å². The molecule has 0 saturated heterocycles. The summed E-state index contributed by atoms with van der Waals surface area (Å²) in [6, 6.07) is 8.95. The number of hydrogen-bond acceptors (Lipinski definition) is 7. The molecule has 104 valence electrons. The van der Waals surface area contributed by atoms with Crippen molar-refractivity contribution in [2.24, 2.45) is 0 Å². The molecule has 1 aromatic heterocycles. The van der Waals surface area contributed by atoms with Crippen molar-refractivity contribution in [1.82, 2.24) is 9.36 Å². The molecule has 8 heteroatoms. The molecule has 0 spiro atoms. The van der Waals surface area contributed by atoms with Crippen LogP contribution in [0.2, 0.25) is 0 Å². The van der Waals surface area contributed by atoms with Gasteiger partial charge < -0.3 is 9.47 Å². The van der Waals surface area contributed by atoms with E-state index in [4.69, 9.17) is 4.74 Å². The van der Waals surface area contributed by atoms with Crippen LogP contribution >= 0.6 is 11.5 Å². The second kappa shape index (κ2) is 6.62. The fraction of sp³-hybridized carbons (Fsp3) is 0.167. The van der Waals surface area contributed by atoms with Gasteiger partial charge in [-0.1, -0.05) is 18.2 Å². The molecule has 0 aliphatic rings. The largest absolute Gasteiger partial charge is 0.484 e. The third kappa shape index (κ3) is 3.75. The second-order valence-electron chi connectivity index (χ2n) is 3.56. The predicted molar refractivity (Wildman–Crippen MR) is 71.8 cm³/mol. The van der Waals surface area contributed by atoms with Gasteiger partial charge in [0.25, 0.3) is 11.7 Å². The molecule has 0 radical (unpaired) electrons. The van der Waals surface area contributed by atoms with Gasteiger partial charge in [0.1, 0.15) is 5.75 Å². The van der Waals surface area contributed by atoms with E-state index in [0.29, 0.717) is 5.75 Å². The van der Waals surface area contributed by atoms with Gasteiger partial charge in [-0.05, 0) is 12.1 Å². The maximum atomic E-state index is 11.6. The Morgan fingerprint density at radius 3 is 2.75 bits per heavy atom. The highest BCUT2D eigenvalue weighted by Crippen LogP contribution is 2.12. The number of carbonyl (C=O) groups excluding carboxylic acids is 2. The SMILES string of the molecule is COC(=O)c1nsc(NC(=O)COc2ccccc2)n1. The lowest BCUT2D eigenvalue weighted by Gasteiger charge is -2.04. The van der Waals surface area contributed by atoms with Crippen molar-refractivity contribution in [1.29, 1.82) is 0 Å². The average Bonchev–Trinajstić information content (AvgIpc) is 2.94. The molecule has 0 aliphatic heterocycles. The Kier molecular flexibility index (Phi) is 4.61. The molecular weight excluding hydrogens is 282 g/mol. The number of anilines is 1. The fourth-order valence-corrected chi connectivity index (χ4v) is 1.84. The number of benzene rings is 1. The Morgan fingerprint density at radius 2 is 2.05 bits per heavy atom. The Hall–Kier alpha value is -2.48. The number of carbonyl (C=O) groups is 2. The zero-order chi connectivity index (χ0) is 14.4. The van der Waals surface area contributed by atoms with Gasteiger partial charge in [0.15, 0.2) is 6.61 Å². The van der Waals surface area contributed by atoms with Crippen LogP contribution in [0.1, 0.15) is 10.6 Å². The number of ether oxygens (including phenoxy) is 2. The normalized spacial score (nSPS) is 9.85. The van der Waals surface area contributed by atoms with E-state index in [1.165, 1.54) is 7.11 Å². The van der Waals surface area contributed by atoms with Crippen LogP contribution in [0.5, 0.6) is 5.75 Å². The maximum absolute atomic E-state index is 11.6. The molecule has 1 N–H and O–H groups in total. The smallest absolute Gasteiger partial charge is 0.377 e. The van der Waals surface area contributed by atoms with Gasteiger partial charge in [-0.25, -0.2) is 4.79 Å². The van der Waals surface area contributed by atoms with Gasteiger partial charge in [-0.2, -0.15) is 9.36 Å². The highest BCUT2D eigenvalue weighted by atomic mass is 32.1. The molecule has 2 aromatic rings. The minimum absolute atomic E-state index is 0.0863. The van der Waals surface area contributed by atoms with Crippen LogP contribution in [0.3, 0.4) is 0 Å². The molecule has 1 heterocycles. The van der Waals surface area contributed by atoms with Crippen LogP contribution in [-0.2, 0) is 9.53 Å². The van der Waals surface area contributed by atoms with E-state index in [9.17, 15) is 9.59 Å². The summed E-state index contributed by atoms with van der Waals surface area (Å²) in [7, 11) is 1.23. The Morgan fingerprint density at radius 1 is 1.30 bits per heavy atom. The number of para-hydroxylation sites is 1. The molecule has 0 aliphatic carbocycles. The van der Waals surface area contributed by atoms with Crippen molar-refractivity contribution in [3.05, 3.63) is 36.2 Å². The van der Waals surface area contributed by atoms with Crippen molar-refractivity contribution in [3.63, 3.8) is 0 Å². The summed E-state index contributed by atoms with van der Waals surface area (Å²) < 4.78 is 13.5. The summed E-state index contributed by atoms with van der Waals surface area (Å²) in [5, 5.41) is 2.70. The van der Waals surface area contributed by atoms with Gasteiger partial charge in [-0.15, -0.1) is 0 Å². The maximum Gasteiger partial charge on any atom is 0.377 e. The first-order chi connectivity index (χ1) is 9.69. The Bertz CT molecular complexity index is 600. The number of rotatable bonds is 5. The molecule has 7 nitrogen and oxygen atoms in total. The molecule has 0 bridgehead atoms. The number of aromatic nitrogens is 2. The minimum atomic E-state index is -0.651. The highest BCUT2D eigenvalue weighted by Gasteiger charge is 2.14. The summed E-state index contributed by atoms with van der Waals surface area (Å²) >= 11 is 0.894. The summed E-state index contributed by atoms with van der Waals surface area (Å²) in [5.74, 6) is -0.532. The standard InChI is InChI=1S/C12H11N3O4S/c1-18-11(17)10-14-12(20-15-10)13-9(16)7-19-8-5-3-2-4-6-8/h2-6H,7H2,1H3,(H,13,14,15,16). The van der Waals surface area contributed by atoms with Crippen molar-refractivity contribution in [3.8, 4) is 5.75 Å². The fourth-order valence-electron chi connectivity index (χ4n) is 1.27. The number of methoxy groups -OCH3 is 1. The highest BCUT2D eigenvalue weighted by molar-refractivity contribution is 7.10. The van der Waals surface area contributed by atoms with E-state index in [-0.39, 0.29) is 23.5 Å². The second-order valence-corrected chi connectivity index (χ2v) is 4.32. The Balaban J connectivity index is 1.85. The predicted octanol–water partition coefficient (Wildman–Crippen LogP) is 1.34. The van der Waals surface area contributed by atoms with E-state index in [2.05, 4.69) is 19.4 Å². The summed E-state index contributed by atoms with van der Waals surface area (Å²) in [4.78, 5) is 26.6. The third-order valence-electron chi connectivity index (χ3n) is 2.15. The van der Waals surface area contributed by atoms with E-state index >= 15 is 0 Å². The van der Waals surface area contributed by atoms with Crippen LogP contribution in [0.25, 0.3) is 0 Å². The van der Waals surface area contributed by atoms with E-state index < -0.39 is 5.97 Å². The van der Waals surface area contributed by atoms with E-state index in [0.717, 1.165) is 11.5 Å². The number of esters is 1.